The molecule has 2 aromatic rings. The zero-order valence-electron chi connectivity index (χ0n) is 17.8. The van der Waals surface area contributed by atoms with Crippen molar-refractivity contribution < 1.29 is 49.6 Å². The van der Waals surface area contributed by atoms with E-state index in [1.807, 2.05) is 6.07 Å². The average molecular weight is 516 g/mol. The molecular weight excluding hydrogens is 503 g/mol. The third kappa shape index (κ3) is 2.76. The number of nitrogens with zero attached hydrogens (tertiary/aromatic N) is 5. The van der Waals surface area contributed by atoms with E-state index in [0.717, 1.165) is 6.20 Å². The molecule has 4 atom stereocenters. The number of quaternary nitrogens is 1. The number of ketones is 1. The number of urea groups is 1. The van der Waals surface area contributed by atoms with Crippen molar-refractivity contribution in [2.45, 2.75) is 30.1 Å². The van der Waals surface area contributed by atoms with Gasteiger partial charge in [0, 0.05) is 10.8 Å². The minimum absolute atomic E-state index is 0.0459. The maximum Gasteiger partial charge on any atom is 0.460 e. The van der Waals surface area contributed by atoms with Gasteiger partial charge in [0.05, 0.1) is 25.0 Å². The van der Waals surface area contributed by atoms with Crippen LogP contribution < -0.4 is 4.90 Å². The third-order valence-corrected chi connectivity index (χ3v) is 6.94. The molecule has 0 aliphatic carbocycles. The molecule has 3 aliphatic rings. The number of carbonyl (C=O) groups excluding carboxylic acids is 3. The first-order valence-corrected chi connectivity index (χ1v) is 10.3. The Morgan fingerprint density at radius 2 is 1.69 bits per heavy atom. The number of alkyl halides is 7. The van der Waals surface area contributed by atoms with Crippen LogP contribution in [0.1, 0.15) is 5.69 Å². The number of halogens is 7. The van der Waals surface area contributed by atoms with Crippen molar-refractivity contribution in [2.75, 3.05) is 24.7 Å². The summed E-state index contributed by atoms with van der Waals surface area (Å²) in [5, 5.41) is 9.74. The van der Waals surface area contributed by atoms with Crippen molar-refractivity contribution in [3.63, 3.8) is 0 Å². The van der Waals surface area contributed by atoms with Crippen molar-refractivity contribution >= 4 is 34.2 Å². The van der Waals surface area contributed by atoms with Crippen molar-refractivity contribution in [3.05, 3.63) is 36.2 Å². The Bertz CT molecular complexity index is 1390. The Hall–Kier alpha value is -3.64. The molecule has 0 N–H and O–H groups in total. The number of fused-ring (bicyclic) bond motifs is 2. The molecule has 3 saturated heterocycles. The van der Waals surface area contributed by atoms with E-state index >= 15 is 0 Å². The predicted octanol–water partition coefficient (Wildman–Crippen LogP) is 2.82. The molecule has 15 heteroatoms. The Kier molecular flexibility index (Phi) is 4.81. The fraction of sp³-hybridized carbons (Fsp3) is 0.381. The number of amides is 3. The van der Waals surface area contributed by atoms with Gasteiger partial charge in [-0.25, -0.2) is 19.2 Å². The van der Waals surface area contributed by atoms with Crippen LogP contribution >= 0.6 is 0 Å². The lowest BCUT2D eigenvalue weighted by atomic mass is 9.96. The second-order valence-corrected chi connectivity index (χ2v) is 8.76. The monoisotopic (exact) mass is 516 g/mol. The first-order chi connectivity index (χ1) is 16.7. The molecule has 0 saturated carbocycles. The van der Waals surface area contributed by atoms with Gasteiger partial charge in [-0.05, 0) is 0 Å². The summed E-state index contributed by atoms with van der Waals surface area (Å²) >= 11 is 0. The predicted molar refractivity (Wildman–Crippen MR) is 105 cm³/mol. The lowest BCUT2D eigenvalue weighted by Crippen LogP contribution is -2.68. The molecule has 3 aliphatic heterocycles. The largest absolute Gasteiger partial charge is 0.460 e. The average Bonchev–Trinajstić information content (AvgIpc) is 3.45. The topological polar surface area (TPSA) is 94.4 Å². The van der Waals surface area contributed by atoms with Gasteiger partial charge in [0.15, 0.2) is 12.1 Å². The molecule has 5 rings (SSSR count). The van der Waals surface area contributed by atoms with Gasteiger partial charge in [0.25, 0.3) is 11.7 Å². The van der Waals surface area contributed by atoms with E-state index in [-0.39, 0.29) is 28.7 Å². The van der Waals surface area contributed by atoms with E-state index in [1.54, 1.807) is 6.07 Å². The van der Waals surface area contributed by atoms with Crippen LogP contribution in [0.25, 0.3) is 10.8 Å². The van der Waals surface area contributed by atoms with Gasteiger partial charge in [-0.2, -0.15) is 40.9 Å². The second kappa shape index (κ2) is 7.20. The van der Waals surface area contributed by atoms with Crippen molar-refractivity contribution in [2.24, 2.45) is 0 Å². The molecule has 1 aromatic heterocycles. The summed E-state index contributed by atoms with van der Waals surface area (Å²) in [6, 6.07) is 2.79. The highest BCUT2D eigenvalue weighted by atomic mass is 19.4. The standard InChI is InChI=1S/C21H13F7N5O3/c22-19(23,20(24,25)21(26,27)28)16(34)14-7-31-8-15-17(35)32(18(36)33(14,15)9-31)13-6-30-12(5-29)10-3-1-2-4-11(10)13/h1-4,6,14-15H,7-9H2/q+1. The zero-order chi connectivity index (χ0) is 26.4. The summed E-state index contributed by atoms with van der Waals surface area (Å²) in [6.07, 6.45) is -5.71. The van der Waals surface area contributed by atoms with Crippen LogP contribution in [0, 0.1) is 11.3 Å². The minimum atomic E-state index is -6.73. The molecule has 4 unspecified atom stereocenters. The number of benzene rings is 1. The normalized spacial score (nSPS) is 28.1. The van der Waals surface area contributed by atoms with Crippen LogP contribution in [0.5, 0.6) is 0 Å². The highest BCUT2D eigenvalue weighted by Gasteiger charge is 2.81. The van der Waals surface area contributed by atoms with Crippen LogP contribution in [0.3, 0.4) is 0 Å². The highest BCUT2D eigenvalue weighted by molar-refractivity contribution is 6.22. The second-order valence-electron chi connectivity index (χ2n) is 8.76. The first-order valence-electron chi connectivity index (χ1n) is 10.3. The Labute approximate surface area is 196 Å². The molecule has 8 nitrogen and oxygen atoms in total. The van der Waals surface area contributed by atoms with Crippen molar-refractivity contribution in [1.29, 1.82) is 5.26 Å². The summed E-state index contributed by atoms with van der Waals surface area (Å²) in [4.78, 5) is 45.2. The van der Waals surface area contributed by atoms with Gasteiger partial charge in [-0.15, -0.1) is 0 Å². The van der Waals surface area contributed by atoms with Gasteiger partial charge in [0.1, 0.15) is 18.4 Å². The molecule has 1 spiro atoms. The summed E-state index contributed by atoms with van der Waals surface area (Å²) in [5.74, 6) is -16.6. The number of aromatic nitrogens is 1. The Balaban J connectivity index is 1.60. The lowest BCUT2D eigenvalue weighted by molar-refractivity contribution is -0.853. The number of piperazine rings is 1. The highest BCUT2D eigenvalue weighted by Crippen LogP contribution is 2.51. The van der Waals surface area contributed by atoms with E-state index in [9.17, 15) is 50.4 Å². The summed E-state index contributed by atoms with van der Waals surface area (Å²) in [6.45, 7) is -1.41. The fourth-order valence-electron chi connectivity index (χ4n) is 5.25. The molecular formula is C21H13F7N5O3+. The molecule has 0 radical (unpaired) electrons. The third-order valence-electron chi connectivity index (χ3n) is 6.94. The number of Topliss-reactive ketones (excluding diaryl/α,β-unsaturated/α-hetero) is 1. The van der Waals surface area contributed by atoms with Gasteiger partial charge >= 0.3 is 24.1 Å². The number of rotatable bonds is 4. The van der Waals surface area contributed by atoms with Gasteiger partial charge < -0.3 is 0 Å². The summed E-state index contributed by atoms with van der Waals surface area (Å²) < 4.78 is 92.8. The van der Waals surface area contributed by atoms with E-state index in [4.69, 9.17) is 0 Å². The summed E-state index contributed by atoms with van der Waals surface area (Å²) in [7, 11) is 0. The van der Waals surface area contributed by atoms with Gasteiger partial charge in [-0.3, -0.25) is 9.59 Å². The molecule has 188 valence electrons. The quantitative estimate of drug-likeness (QED) is 0.353. The van der Waals surface area contributed by atoms with Crippen molar-refractivity contribution in [1.82, 2.24) is 9.88 Å². The first kappa shape index (κ1) is 24.1. The summed E-state index contributed by atoms with van der Waals surface area (Å²) in [5.41, 5.74) is -0.186. The smallest absolute Gasteiger partial charge is 0.286 e. The van der Waals surface area contributed by atoms with Crippen LogP contribution in [-0.2, 0) is 9.59 Å². The van der Waals surface area contributed by atoms with Crippen LogP contribution in [0.15, 0.2) is 30.5 Å². The van der Waals surface area contributed by atoms with Crippen molar-refractivity contribution in [3.8, 4) is 6.07 Å². The molecule has 2 bridgehead atoms. The lowest BCUT2D eigenvalue weighted by Gasteiger charge is -2.36. The number of nitriles is 1. The molecule has 4 heterocycles. The number of carbonyl (C=O) groups is 3. The molecule has 3 fully saturated rings. The van der Waals surface area contributed by atoms with Crippen LogP contribution in [0.2, 0.25) is 0 Å². The maximum atomic E-state index is 14.4. The van der Waals surface area contributed by atoms with Crippen LogP contribution in [0.4, 0.5) is 41.2 Å². The van der Waals surface area contributed by atoms with E-state index in [0.29, 0.717) is 4.90 Å². The minimum Gasteiger partial charge on any atom is -0.286 e. The zero-order valence-corrected chi connectivity index (χ0v) is 17.8. The van der Waals surface area contributed by atoms with E-state index < -0.39 is 65.5 Å². The fourth-order valence-corrected chi connectivity index (χ4v) is 5.25. The molecule has 1 aromatic carbocycles. The molecule has 36 heavy (non-hydrogen) atoms. The number of hydrogen-bond donors (Lipinski definition) is 0. The van der Waals surface area contributed by atoms with E-state index in [2.05, 4.69) is 4.98 Å². The number of imide groups is 1. The van der Waals surface area contributed by atoms with Crippen LogP contribution in [-0.4, -0.2) is 82.0 Å². The maximum absolute atomic E-state index is 14.4. The number of anilines is 1. The SMILES string of the molecule is N#Cc1ncc(N2C(=O)C3CN4CC(C(=O)C(F)(F)C(F)(F)C(F)(F)F)[N+]3(C4)C2=O)c2ccccc12. The Morgan fingerprint density at radius 1 is 1.06 bits per heavy atom. The van der Waals surface area contributed by atoms with Gasteiger partial charge in [-0.1, -0.05) is 24.3 Å². The number of hydrogen-bond acceptors (Lipinski definition) is 6. The van der Waals surface area contributed by atoms with Gasteiger partial charge in [0.2, 0.25) is 0 Å². The molecule has 3 amide bonds. The Morgan fingerprint density at radius 3 is 2.31 bits per heavy atom. The van der Waals surface area contributed by atoms with E-state index in [1.165, 1.54) is 23.1 Å². The number of pyridine rings is 1.